The first-order valence-electron chi connectivity index (χ1n) is 7.29. The number of carbonyl (C=O) groups is 2. The number of rotatable bonds is 4. The van der Waals surface area contributed by atoms with Crippen LogP contribution in [0.4, 0.5) is 0 Å². The molecule has 1 N–H and O–H groups in total. The van der Waals surface area contributed by atoms with Gasteiger partial charge in [0.25, 0.3) is 5.91 Å². The highest BCUT2D eigenvalue weighted by Crippen LogP contribution is 2.26. The number of aliphatic carboxylic acids is 1. The Kier molecular flexibility index (Phi) is 4.55. The van der Waals surface area contributed by atoms with Crippen molar-refractivity contribution in [2.24, 2.45) is 0 Å². The number of carbonyl (C=O) groups excluding carboxylic acids is 1. The minimum absolute atomic E-state index is 0.0204. The van der Waals surface area contributed by atoms with E-state index < -0.39 is 17.9 Å². The highest BCUT2D eigenvalue weighted by Gasteiger charge is 2.41. The molecule has 1 aliphatic heterocycles. The lowest BCUT2D eigenvalue weighted by atomic mass is 10.1. The van der Waals surface area contributed by atoms with Gasteiger partial charge in [0.15, 0.2) is 0 Å². The van der Waals surface area contributed by atoms with Crippen molar-refractivity contribution >= 4 is 23.5 Å². The molecule has 7 nitrogen and oxygen atoms in total. The fourth-order valence-electron chi connectivity index (χ4n) is 2.73. The van der Waals surface area contributed by atoms with Gasteiger partial charge in [-0.1, -0.05) is 28.9 Å². The van der Waals surface area contributed by atoms with Crippen LogP contribution in [-0.2, 0) is 9.53 Å². The van der Waals surface area contributed by atoms with E-state index in [9.17, 15) is 14.7 Å². The van der Waals surface area contributed by atoms with Crippen molar-refractivity contribution in [2.75, 3.05) is 13.7 Å². The summed E-state index contributed by atoms with van der Waals surface area (Å²) in [5, 5.41) is 13.7. The third-order valence-electron chi connectivity index (χ3n) is 3.98. The predicted octanol–water partition coefficient (Wildman–Crippen LogP) is 2.31. The molecule has 1 fully saturated rings. The summed E-state index contributed by atoms with van der Waals surface area (Å²) in [5.41, 5.74) is 1.16. The molecule has 8 heteroatoms. The van der Waals surface area contributed by atoms with Crippen molar-refractivity contribution in [3.63, 3.8) is 0 Å². The van der Waals surface area contributed by atoms with Crippen LogP contribution >= 0.6 is 11.6 Å². The van der Waals surface area contributed by atoms with E-state index in [0.29, 0.717) is 16.3 Å². The molecule has 2 aromatic rings. The molecule has 1 amide bonds. The van der Waals surface area contributed by atoms with E-state index in [0.717, 1.165) is 0 Å². The Labute approximate surface area is 142 Å². The largest absolute Gasteiger partial charge is 0.480 e. The van der Waals surface area contributed by atoms with Crippen LogP contribution < -0.4 is 0 Å². The molecule has 3 rings (SSSR count). The lowest BCUT2D eigenvalue weighted by Crippen LogP contribution is -2.40. The van der Waals surface area contributed by atoms with Crippen LogP contribution in [0.5, 0.6) is 0 Å². The number of carboxylic acids is 1. The number of halogens is 1. The summed E-state index contributed by atoms with van der Waals surface area (Å²) in [6, 6.07) is 7.51. The zero-order valence-corrected chi connectivity index (χ0v) is 13.6. The standard InChI is InChI=1S/C16H15ClN2O5/c1-23-11-6-13(16(21)22)19(8-11)15(20)14-7-12(18-24-14)9-3-2-4-10(17)5-9/h2-5,7,11,13H,6,8H2,1H3,(H,21,22). The van der Waals surface area contributed by atoms with Gasteiger partial charge in [-0.15, -0.1) is 0 Å². The van der Waals surface area contributed by atoms with E-state index in [1.165, 1.54) is 18.1 Å². The van der Waals surface area contributed by atoms with Crippen molar-refractivity contribution in [3.8, 4) is 11.3 Å². The number of hydrogen-bond donors (Lipinski definition) is 1. The summed E-state index contributed by atoms with van der Waals surface area (Å²) in [6.07, 6.45) is -0.0716. The van der Waals surface area contributed by atoms with E-state index in [2.05, 4.69) is 5.16 Å². The topological polar surface area (TPSA) is 92.9 Å². The second kappa shape index (κ2) is 6.62. The molecule has 0 aliphatic carbocycles. The van der Waals surface area contributed by atoms with Gasteiger partial charge in [-0.05, 0) is 12.1 Å². The Morgan fingerprint density at radius 3 is 2.88 bits per heavy atom. The van der Waals surface area contributed by atoms with Crippen molar-refractivity contribution in [3.05, 3.63) is 41.1 Å². The highest BCUT2D eigenvalue weighted by atomic mass is 35.5. The number of carboxylic acid groups (broad SMARTS) is 1. The number of likely N-dealkylation sites (tertiary alicyclic amines) is 1. The first-order chi connectivity index (χ1) is 11.5. The Hall–Kier alpha value is -2.38. The van der Waals surface area contributed by atoms with Gasteiger partial charge < -0.3 is 19.3 Å². The lowest BCUT2D eigenvalue weighted by molar-refractivity contribution is -0.141. The number of nitrogens with zero attached hydrogens (tertiary/aromatic N) is 2. The molecule has 1 aromatic carbocycles. The van der Waals surface area contributed by atoms with E-state index in [4.69, 9.17) is 20.9 Å². The van der Waals surface area contributed by atoms with Crippen LogP contribution in [0.15, 0.2) is 34.9 Å². The predicted molar refractivity (Wildman–Crippen MR) is 84.8 cm³/mol. The number of ether oxygens (including phenoxy) is 1. The molecule has 2 unspecified atom stereocenters. The quantitative estimate of drug-likeness (QED) is 0.909. The molecular formula is C16H15ClN2O5. The molecule has 1 saturated heterocycles. The van der Waals surface area contributed by atoms with Gasteiger partial charge in [-0.2, -0.15) is 0 Å². The molecule has 24 heavy (non-hydrogen) atoms. The molecule has 0 bridgehead atoms. The van der Waals surface area contributed by atoms with Crippen molar-refractivity contribution in [1.29, 1.82) is 0 Å². The SMILES string of the molecule is COC1CC(C(=O)O)N(C(=O)c2cc(-c3cccc(Cl)c3)no2)C1. The Bertz CT molecular complexity index is 775. The number of benzene rings is 1. The lowest BCUT2D eigenvalue weighted by Gasteiger charge is -2.19. The van der Waals surface area contributed by atoms with Gasteiger partial charge in [0, 0.05) is 36.7 Å². The summed E-state index contributed by atoms with van der Waals surface area (Å²) < 4.78 is 10.3. The summed E-state index contributed by atoms with van der Waals surface area (Å²) in [4.78, 5) is 25.2. The number of aromatic nitrogens is 1. The molecule has 2 heterocycles. The third-order valence-corrected chi connectivity index (χ3v) is 4.22. The summed E-state index contributed by atoms with van der Waals surface area (Å²) in [5.74, 6) is -1.62. The number of hydrogen-bond acceptors (Lipinski definition) is 5. The van der Waals surface area contributed by atoms with E-state index in [-0.39, 0.29) is 24.8 Å². The normalized spacial score (nSPS) is 20.3. The minimum Gasteiger partial charge on any atom is -0.480 e. The third kappa shape index (κ3) is 3.13. The summed E-state index contributed by atoms with van der Waals surface area (Å²) >= 11 is 5.94. The Morgan fingerprint density at radius 2 is 2.21 bits per heavy atom. The van der Waals surface area contributed by atoms with Gasteiger partial charge in [-0.25, -0.2) is 4.79 Å². The summed E-state index contributed by atoms with van der Waals surface area (Å²) in [6.45, 7) is 0.194. The molecule has 0 saturated carbocycles. The zero-order valence-electron chi connectivity index (χ0n) is 12.8. The smallest absolute Gasteiger partial charge is 0.326 e. The van der Waals surface area contributed by atoms with Crippen molar-refractivity contribution in [1.82, 2.24) is 10.1 Å². The van der Waals surface area contributed by atoms with Gasteiger partial charge in [-0.3, -0.25) is 4.79 Å². The first kappa shape index (κ1) is 16.5. The van der Waals surface area contributed by atoms with Crippen LogP contribution in [-0.4, -0.2) is 52.8 Å². The first-order valence-corrected chi connectivity index (χ1v) is 7.66. The van der Waals surface area contributed by atoms with Gasteiger partial charge in [0.05, 0.1) is 6.10 Å². The van der Waals surface area contributed by atoms with E-state index in [1.807, 2.05) is 0 Å². The zero-order chi connectivity index (χ0) is 17.3. The van der Waals surface area contributed by atoms with E-state index in [1.54, 1.807) is 24.3 Å². The number of methoxy groups -OCH3 is 1. The number of amides is 1. The average molecular weight is 351 g/mol. The highest BCUT2D eigenvalue weighted by molar-refractivity contribution is 6.30. The van der Waals surface area contributed by atoms with Crippen LogP contribution in [0.25, 0.3) is 11.3 Å². The molecule has 0 spiro atoms. The van der Waals surface area contributed by atoms with Crippen molar-refractivity contribution in [2.45, 2.75) is 18.6 Å². The molecule has 126 valence electrons. The average Bonchev–Trinajstić information content (AvgIpc) is 3.21. The maximum absolute atomic E-state index is 12.6. The summed E-state index contributed by atoms with van der Waals surface area (Å²) in [7, 11) is 1.49. The van der Waals surface area contributed by atoms with Crippen LogP contribution in [0.2, 0.25) is 5.02 Å². The second-order valence-corrected chi connectivity index (χ2v) is 5.93. The van der Waals surface area contributed by atoms with Crippen LogP contribution in [0, 0.1) is 0 Å². The van der Waals surface area contributed by atoms with Crippen LogP contribution in [0.1, 0.15) is 17.0 Å². The van der Waals surface area contributed by atoms with Gasteiger partial charge in [0.1, 0.15) is 11.7 Å². The maximum atomic E-state index is 12.6. The molecule has 1 aromatic heterocycles. The second-order valence-electron chi connectivity index (χ2n) is 5.49. The molecule has 2 atom stereocenters. The molecule has 0 radical (unpaired) electrons. The van der Waals surface area contributed by atoms with Gasteiger partial charge in [0.2, 0.25) is 5.76 Å². The Morgan fingerprint density at radius 1 is 1.42 bits per heavy atom. The maximum Gasteiger partial charge on any atom is 0.326 e. The fourth-order valence-corrected chi connectivity index (χ4v) is 2.92. The fraction of sp³-hybridized carbons (Fsp3) is 0.312. The Balaban J connectivity index is 1.84. The van der Waals surface area contributed by atoms with Crippen molar-refractivity contribution < 1.29 is 24.0 Å². The van der Waals surface area contributed by atoms with Gasteiger partial charge >= 0.3 is 5.97 Å². The van der Waals surface area contributed by atoms with E-state index >= 15 is 0 Å². The van der Waals surface area contributed by atoms with Crippen LogP contribution in [0.3, 0.4) is 0 Å². The molecular weight excluding hydrogens is 336 g/mol. The molecule has 1 aliphatic rings. The monoisotopic (exact) mass is 350 g/mol. The minimum atomic E-state index is -1.07.